The summed E-state index contributed by atoms with van der Waals surface area (Å²) in [5, 5.41) is 14.2. The molecule has 1 amide bonds. The van der Waals surface area contributed by atoms with Gasteiger partial charge in [-0.1, -0.05) is 0 Å². The van der Waals surface area contributed by atoms with E-state index in [2.05, 4.69) is 16.3 Å². The number of nitrogens with zero attached hydrogens (tertiary/aromatic N) is 2. The molecule has 112 valence electrons. The van der Waals surface area contributed by atoms with Crippen LogP contribution in [0.15, 0.2) is 11.4 Å². The number of thiophene rings is 1. The van der Waals surface area contributed by atoms with Crippen molar-refractivity contribution in [3.8, 4) is 6.07 Å². The highest BCUT2D eigenvalue weighted by atomic mass is 32.1. The second kappa shape index (κ2) is 6.12. The lowest BCUT2D eigenvalue weighted by molar-refractivity contribution is -0.185. The Morgan fingerprint density at radius 3 is 2.81 bits per heavy atom. The zero-order chi connectivity index (χ0) is 14.7. The van der Waals surface area contributed by atoms with Gasteiger partial charge in [0.25, 0.3) is 0 Å². The van der Waals surface area contributed by atoms with Crippen LogP contribution in [-0.4, -0.2) is 49.4 Å². The largest absolute Gasteiger partial charge is 0.347 e. The predicted octanol–water partition coefficient (Wildman–Crippen LogP) is 1.40. The minimum atomic E-state index is -0.408. The van der Waals surface area contributed by atoms with Gasteiger partial charge in [0, 0.05) is 25.9 Å². The van der Waals surface area contributed by atoms with E-state index in [1.165, 1.54) is 11.3 Å². The topological polar surface area (TPSA) is 74.6 Å². The maximum atomic E-state index is 12.0. The molecular weight excluding hydrogens is 290 g/mol. The van der Waals surface area contributed by atoms with Crippen molar-refractivity contribution in [3.05, 3.63) is 17.0 Å². The summed E-state index contributed by atoms with van der Waals surface area (Å²) in [5.41, 5.74) is 0.513. The third kappa shape index (κ3) is 3.24. The van der Waals surface area contributed by atoms with Crippen LogP contribution in [0.2, 0.25) is 0 Å². The Kier molecular flexibility index (Phi) is 4.22. The van der Waals surface area contributed by atoms with Crippen molar-refractivity contribution in [3.63, 3.8) is 0 Å². The van der Waals surface area contributed by atoms with Crippen LogP contribution in [-0.2, 0) is 14.3 Å². The van der Waals surface area contributed by atoms with Crippen LogP contribution >= 0.6 is 11.3 Å². The Balaban J connectivity index is 1.49. The first kappa shape index (κ1) is 14.5. The minimum absolute atomic E-state index is 0.0850. The number of anilines is 1. The molecule has 21 heavy (non-hydrogen) atoms. The van der Waals surface area contributed by atoms with Gasteiger partial charge >= 0.3 is 0 Å². The summed E-state index contributed by atoms with van der Waals surface area (Å²) in [7, 11) is 0. The molecule has 2 aliphatic heterocycles. The second-order valence-electron chi connectivity index (χ2n) is 5.21. The van der Waals surface area contributed by atoms with Crippen molar-refractivity contribution >= 4 is 22.2 Å². The number of nitrogens with one attached hydrogen (secondary N) is 1. The van der Waals surface area contributed by atoms with E-state index in [1.807, 2.05) is 0 Å². The number of likely N-dealkylation sites (tertiary alicyclic amines) is 1. The molecule has 6 nitrogen and oxygen atoms in total. The Hall–Kier alpha value is -1.46. The molecule has 1 spiro atoms. The Bertz CT molecular complexity index is 550. The number of carbonyl (C=O) groups is 1. The number of piperidine rings is 1. The average Bonchev–Trinajstić information content (AvgIpc) is 3.11. The summed E-state index contributed by atoms with van der Waals surface area (Å²) < 4.78 is 11.3. The van der Waals surface area contributed by atoms with E-state index in [-0.39, 0.29) is 5.91 Å². The highest BCUT2D eigenvalue weighted by molar-refractivity contribution is 7.14. The maximum absolute atomic E-state index is 12.0. The number of rotatable bonds is 3. The van der Waals surface area contributed by atoms with Crippen molar-refractivity contribution < 1.29 is 14.3 Å². The van der Waals surface area contributed by atoms with E-state index in [1.54, 1.807) is 11.4 Å². The summed E-state index contributed by atoms with van der Waals surface area (Å²) in [6, 6.07) is 3.77. The van der Waals surface area contributed by atoms with Gasteiger partial charge in [-0.25, -0.2) is 0 Å². The Labute approximate surface area is 127 Å². The maximum Gasteiger partial charge on any atom is 0.239 e. The summed E-state index contributed by atoms with van der Waals surface area (Å²) in [4.78, 5) is 14.1. The number of carbonyl (C=O) groups excluding carboxylic acids is 1. The molecule has 0 unspecified atom stereocenters. The molecule has 2 saturated heterocycles. The number of hydrogen-bond acceptors (Lipinski definition) is 6. The summed E-state index contributed by atoms with van der Waals surface area (Å²) >= 11 is 1.37. The van der Waals surface area contributed by atoms with Crippen LogP contribution in [0.1, 0.15) is 18.4 Å². The molecule has 1 aromatic rings. The summed E-state index contributed by atoms with van der Waals surface area (Å²) in [6.45, 7) is 3.22. The van der Waals surface area contributed by atoms with Gasteiger partial charge in [-0.05, 0) is 11.4 Å². The van der Waals surface area contributed by atoms with E-state index in [4.69, 9.17) is 14.7 Å². The van der Waals surface area contributed by atoms with Gasteiger partial charge in [-0.3, -0.25) is 9.69 Å². The minimum Gasteiger partial charge on any atom is -0.347 e. The molecule has 0 atom stereocenters. The van der Waals surface area contributed by atoms with E-state index < -0.39 is 5.79 Å². The van der Waals surface area contributed by atoms with Crippen LogP contribution in [0.5, 0.6) is 0 Å². The quantitative estimate of drug-likeness (QED) is 0.913. The molecule has 2 fully saturated rings. The molecule has 1 aromatic heterocycles. The number of nitriles is 1. The van der Waals surface area contributed by atoms with Gasteiger partial charge in [0.1, 0.15) is 11.1 Å². The van der Waals surface area contributed by atoms with Crippen molar-refractivity contribution in [1.29, 1.82) is 5.26 Å². The SMILES string of the molecule is N#Cc1ccsc1NC(=O)CN1CCC2(CC1)OCCO2. The number of hydrogen-bond donors (Lipinski definition) is 1. The molecule has 1 N–H and O–H groups in total. The van der Waals surface area contributed by atoms with Crippen LogP contribution in [0, 0.1) is 11.3 Å². The predicted molar refractivity (Wildman–Crippen MR) is 78.0 cm³/mol. The molecule has 3 heterocycles. The van der Waals surface area contributed by atoms with E-state index in [0.717, 1.165) is 25.9 Å². The summed E-state index contributed by atoms with van der Waals surface area (Å²) in [6.07, 6.45) is 1.59. The van der Waals surface area contributed by atoms with Crippen LogP contribution in [0.25, 0.3) is 0 Å². The van der Waals surface area contributed by atoms with Gasteiger partial charge in [0.2, 0.25) is 5.91 Å². The highest BCUT2D eigenvalue weighted by Crippen LogP contribution is 2.31. The molecule has 7 heteroatoms. The van der Waals surface area contributed by atoms with Gasteiger partial charge in [0.05, 0.1) is 25.3 Å². The van der Waals surface area contributed by atoms with Crippen LogP contribution in [0.3, 0.4) is 0 Å². The van der Waals surface area contributed by atoms with Gasteiger partial charge in [-0.15, -0.1) is 11.3 Å². The number of amides is 1. The lowest BCUT2D eigenvalue weighted by Crippen LogP contribution is -2.47. The van der Waals surface area contributed by atoms with E-state index in [9.17, 15) is 4.79 Å². The molecule has 3 rings (SSSR count). The molecule has 0 aromatic carbocycles. The third-order valence-electron chi connectivity index (χ3n) is 3.84. The zero-order valence-corrected chi connectivity index (χ0v) is 12.4. The lowest BCUT2D eigenvalue weighted by atomic mass is 10.0. The van der Waals surface area contributed by atoms with Crippen LogP contribution < -0.4 is 5.32 Å². The summed E-state index contributed by atoms with van der Waals surface area (Å²) in [5.74, 6) is -0.493. The molecule has 0 radical (unpaired) electrons. The smallest absolute Gasteiger partial charge is 0.239 e. The highest BCUT2D eigenvalue weighted by Gasteiger charge is 2.39. The molecular formula is C14H17N3O3S. The van der Waals surface area contributed by atoms with E-state index >= 15 is 0 Å². The van der Waals surface area contributed by atoms with Crippen molar-refractivity contribution in [2.24, 2.45) is 0 Å². The zero-order valence-electron chi connectivity index (χ0n) is 11.6. The van der Waals surface area contributed by atoms with Crippen LogP contribution in [0.4, 0.5) is 5.00 Å². The van der Waals surface area contributed by atoms with Gasteiger partial charge in [-0.2, -0.15) is 5.26 Å². The molecule has 0 bridgehead atoms. The van der Waals surface area contributed by atoms with Crippen molar-refractivity contribution in [1.82, 2.24) is 4.90 Å². The monoisotopic (exact) mass is 307 g/mol. The fourth-order valence-electron chi connectivity index (χ4n) is 2.70. The average molecular weight is 307 g/mol. The van der Waals surface area contributed by atoms with Crippen molar-refractivity contribution in [2.75, 3.05) is 38.2 Å². The third-order valence-corrected chi connectivity index (χ3v) is 4.67. The molecule has 0 aliphatic carbocycles. The second-order valence-corrected chi connectivity index (χ2v) is 6.12. The molecule has 2 aliphatic rings. The van der Waals surface area contributed by atoms with Crippen molar-refractivity contribution in [2.45, 2.75) is 18.6 Å². The van der Waals surface area contributed by atoms with E-state index in [0.29, 0.717) is 30.3 Å². The normalized spacial score (nSPS) is 21.3. The Morgan fingerprint density at radius 1 is 1.43 bits per heavy atom. The first-order valence-corrected chi connectivity index (χ1v) is 7.86. The molecule has 0 saturated carbocycles. The standard InChI is InChI=1S/C14H17N3O3S/c15-9-11-1-8-21-13(11)16-12(18)10-17-4-2-14(3-5-17)19-6-7-20-14/h1,8H,2-7,10H2,(H,16,18). The fraction of sp³-hybridized carbons (Fsp3) is 0.571. The Morgan fingerprint density at radius 2 is 2.14 bits per heavy atom. The van der Waals surface area contributed by atoms with Gasteiger partial charge in [0.15, 0.2) is 5.79 Å². The first-order chi connectivity index (χ1) is 10.2. The lowest BCUT2D eigenvalue weighted by Gasteiger charge is -2.37. The fourth-order valence-corrected chi connectivity index (χ4v) is 3.45. The van der Waals surface area contributed by atoms with Gasteiger partial charge < -0.3 is 14.8 Å². The first-order valence-electron chi connectivity index (χ1n) is 6.98. The number of ether oxygens (including phenoxy) is 2.